The first-order chi connectivity index (χ1) is 17.8. The van der Waals surface area contributed by atoms with Gasteiger partial charge in [-0.25, -0.2) is 9.97 Å². The van der Waals surface area contributed by atoms with Crippen LogP contribution in [-0.4, -0.2) is 43.2 Å². The molecule has 0 aromatic carbocycles. The number of aromatic nitrogens is 5. The molecule has 1 saturated heterocycles. The molecule has 0 spiro atoms. The maximum atomic E-state index is 13.3. The van der Waals surface area contributed by atoms with E-state index >= 15 is 0 Å². The molecule has 5 rings (SSSR count). The molecule has 38 heavy (non-hydrogen) atoms. The Morgan fingerprint density at radius 1 is 1.08 bits per heavy atom. The number of alkyl halides is 3. The second-order valence-corrected chi connectivity index (χ2v) is 10.2. The van der Waals surface area contributed by atoms with Gasteiger partial charge in [0.15, 0.2) is 0 Å². The first-order valence-corrected chi connectivity index (χ1v) is 12.1. The van der Waals surface area contributed by atoms with Gasteiger partial charge in [0, 0.05) is 43.8 Å². The second kappa shape index (κ2) is 9.16. The summed E-state index contributed by atoms with van der Waals surface area (Å²) in [5.74, 6) is 0.959. The number of halogens is 3. The summed E-state index contributed by atoms with van der Waals surface area (Å²) in [5.41, 5.74) is 0.939. The van der Waals surface area contributed by atoms with E-state index in [-0.39, 0.29) is 11.7 Å². The Morgan fingerprint density at radius 3 is 2.50 bits per heavy atom. The van der Waals surface area contributed by atoms with E-state index in [0.717, 1.165) is 23.5 Å². The Bertz CT molecular complexity index is 1580. The van der Waals surface area contributed by atoms with Crippen molar-refractivity contribution in [3.05, 3.63) is 75.9 Å². The van der Waals surface area contributed by atoms with Gasteiger partial charge in [-0.1, -0.05) is 0 Å². The monoisotopic (exact) mass is 524 g/mol. The molecule has 0 N–H and O–H groups in total. The Balaban J connectivity index is 1.67. The van der Waals surface area contributed by atoms with Crippen LogP contribution in [0.25, 0.3) is 22.2 Å². The average Bonchev–Trinajstić information content (AvgIpc) is 2.85. The molecule has 0 unspecified atom stereocenters. The predicted octanol–water partition coefficient (Wildman–Crippen LogP) is 4.78. The first-order valence-electron chi connectivity index (χ1n) is 12.1. The minimum absolute atomic E-state index is 0.272. The number of pyridine rings is 3. The summed E-state index contributed by atoms with van der Waals surface area (Å²) in [5, 5.41) is 0.318. The molecular weight excluding hydrogens is 497 g/mol. The van der Waals surface area contributed by atoms with Crippen LogP contribution in [0.2, 0.25) is 0 Å². The molecule has 0 bridgehead atoms. The zero-order valence-electron chi connectivity index (χ0n) is 21.7. The van der Waals surface area contributed by atoms with Gasteiger partial charge in [0.25, 0.3) is 5.56 Å². The van der Waals surface area contributed by atoms with Crippen molar-refractivity contribution in [1.29, 1.82) is 0 Å². The maximum absolute atomic E-state index is 13.3. The highest BCUT2D eigenvalue weighted by Gasteiger charge is 2.36. The molecule has 0 radical (unpaired) electrons. The lowest BCUT2D eigenvalue weighted by Crippen LogP contribution is -2.50. The van der Waals surface area contributed by atoms with Crippen molar-refractivity contribution in [2.24, 2.45) is 7.05 Å². The fourth-order valence-corrected chi connectivity index (χ4v) is 4.73. The van der Waals surface area contributed by atoms with Crippen molar-refractivity contribution >= 4 is 16.7 Å². The fourth-order valence-electron chi connectivity index (χ4n) is 4.73. The van der Waals surface area contributed by atoms with Gasteiger partial charge in [0.2, 0.25) is 0 Å². The van der Waals surface area contributed by atoms with E-state index in [1.807, 2.05) is 37.8 Å². The second-order valence-electron chi connectivity index (χ2n) is 10.2. The number of morpholine rings is 1. The standard InChI is InChI=1S/C27H27F3N6O2/c1-15-10-17(8-9-31-15)20-13-36(14-26(3,4)38-20)22-11-19-24(33-16(2)35(5)25(19)37)23(34-22)18-6-7-21(32-12-18)27(28,29)30/h6-12,20H,13-14H2,1-5H3/t20-/m0/s1. The van der Waals surface area contributed by atoms with Crippen molar-refractivity contribution in [2.45, 2.75) is 45.6 Å². The minimum atomic E-state index is -4.57. The van der Waals surface area contributed by atoms with Crippen LogP contribution in [0.15, 0.2) is 47.5 Å². The van der Waals surface area contributed by atoms with Gasteiger partial charge < -0.3 is 9.64 Å². The van der Waals surface area contributed by atoms with E-state index in [1.54, 1.807) is 26.2 Å². The Kier molecular flexibility index (Phi) is 6.21. The van der Waals surface area contributed by atoms with Crippen molar-refractivity contribution in [2.75, 3.05) is 18.0 Å². The minimum Gasteiger partial charge on any atom is -0.364 e. The number of rotatable bonds is 3. The van der Waals surface area contributed by atoms with Crippen molar-refractivity contribution in [1.82, 2.24) is 24.5 Å². The molecule has 1 aliphatic rings. The van der Waals surface area contributed by atoms with Gasteiger partial charge in [0.05, 0.1) is 11.0 Å². The van der Waals surface area contributed by atoms with Crippen LogP contribution < -0.4 is 10.5 Å². The summed E-state index contributed by atoms with van der Waals surface area (Å²) < 4.78 is 47.3. The average molecular weight is 525 g/mol. The highest BCUT2D eigenvalue weighted by molar-refractivity contribution is 5.92. The van der Waals surface area contributed by atoms with Crippen molar-refractivity contribution in [3.8, 4) is 11.3 Å². The molecule has 1 fully saturated rings. The van der Waals surface area contributed by atoms with Crippen LogP contribution in [-0.2, 0) is 18.0 Å². The quantitative estimate of drug-likeness (QED) is 0.381. The van der Waals surface area contributed by atoms with E-state index in [4.69, 9.17) is 9.72 Å². The normalized spacial score (nSPS) is 17.7. The van der Waals surface area contributed by atoms with Crippen LogP contribution >= 0.6 is 0 Å². The van der Waals surface area contributed by atoms with Crippen LogP contribution in [0.1, 0.15) is 42.7 Å². The lowest BCUT2D eigenvalue weighted by molar-refractivity contribution is -0.141. The van der Waals surface area contributed by atoms with Gasteiger partial charge >= 0.3 is 6.18 Å². The fraction of sp³-hybridized carbons (Fsp3) is 0.370. The summed E-state index contributed by atoms with van der Waals surface area (Å²) >= 11 is 0. The van der Waals surface area contributed by atoms with E-state index in [1.165, 1.54) is 10.6 Å². The lowest BCUT2D eigenvalue weighted by Gasteiger charge is -2.43. The summed E-state index contributed by atoms with van der Waals surface area (Å²) in [6, 6.07) is 7.79. The topological polar surface area (TPSA) is 86.0 Å². The first kappa shape index (κ1) is 25.8. The third kappa shape index (κ3) is 4.85. The largest absolute Gasteiger partial charge is 0.433 e. The van der Waals surface area contributed by atoms with E-state index in [9.17, 15) is 18.0 Å². The molecule has 198 valence electrons. The van der Waals surface area contributed by atoms with Gasteiger partial charge in [0.1, 0.15) is 34.7 Å². The van der Waals surface area contributed by atoms with E-state index < -0.39 is 17.5 Å². The molecular formula is C27H27F3N6O2. The highest BCUT2D eigenvalue weighted by atomic mass is 19.4. The zero-order valence-corrected chi connectivity index (χ0v) is 21.7. The number of hydrogen-bond donors (Lipinski definition) is 0. The van der Waals surface area contributed by atoms with Crippen molar-refractivity contribution < 1.29 is 17.9 Å². The number of fused-ring (bicyclic) bond motifs is 1. The molecule has 0 amide bonds. The van der Waals surface area contributed by atoms with E-state index in [0.29, 0.717) is 46.9 Å². The molecule has 0 saturated carbocycles. The smallest absolute Gasteiger partial charge is 0.364 e. The molecule has 1 atom stereocenters. The van der Waals surface area contributed by atoms with E-state index in [2.05, 4.69) is 15.0 Å². The summed E-state index contributed by atoms with van der Waals surface area (Å²) in [4.78, 5) is 32.6. The van der Waals surface area contributed by atoms with Crippen LogP contribution in [0, 0.1) is 13.8 Å². The van der Waals surface area contributed by atoms with Gasteiger partial charge in [-0.05, 0) is 63.6 Å². The summed E-state index contributed by atoms with van der Waals surface area (Å²) in [6.07, 6.45) is -2.00. The zero-order chi connectivity index (χ0) is 27.4. The van der Waals surface area contributed by atoms with Gasteiger partial charge in [-0.15, -0.1) is 0 Å². The van der Waals surface area contributed by atoms with Gasteiger partial charge in [-0.3, -0.25) is 19.3 Å². The number of nitrogens with zero attached hydrogens (tertiary/aromatic N) is 6. The molecule has 5 heterocycles. The van der Waals surface area contributed by atoms with Crippen molar-refractivity contribution in [3.63, 3.8) is 0 Å². The summed E-state index contributed by atoms with van der Waals surface area (Å²) in [7, 11) is 1.63. The lowest BCUT2D eigenvalue weighted by atomic mass is 10.0. The molecule has 8 nitrogen and oxygen atoms in total. The Morgan fingerprint density at radius 2 is 1.84 bits per heavy atom. The Hall–Kier alpha value is -3.86. The highest BCUT2D eigenvalue weighted by Crippen LogP contribution is 2.36. The number of hydrogen-bond acceptors (Lipinski definition) is 7. The third-order valence-electron chi connectivity index (χ3n) is 6.64. The van der Waals surface area contributed by atoms with Crippen LogP contribution in [0.3, 0.4) is 0 Å². The molecule has 4 aromatic rings. The maximum Gasteiger partial charge on any atom is 0.433 e. The molecule has 1 aliphatic heterocycles. The molecule has 4 aromatic heterocycles. The van der Waals surface area contributed by atoms with Gasteiger partial charge in [-0.2, -0.15) is 13.2 Å². The number of ether oxygens (including phenoxy) is 1. The molecule has 0 aliphatic carbocycles. The molecule has 11 heteroatoms. The van der Waals surface area contributed by atoms with Crippen LogP contribution in [0.5, 0.6) is 0 Å². The summed E-state index contributed by atoms with van der Waals surface area (Å²) in [6.45, 7) is 8.49. The van der Waals surface area contributed by atoms with Crippen LogP contribution in [0.4, 0.5) is 19.0 Å². The third-order valence-corrected chi connectivity index (χ3v) is 6.64. The predicted molar refractivity (Wildman–Crippen MR) is 137 cm³/mol. The SMILES string of the molecule is Cc1cc([C@@H]2CN(c3cc4c(=O)n(C)c(C)nc4c(-c4ccc(C(F)(F)F)nc4)n3)CC(C)(C)O2)ccn1. The number of aryl methyl sites for hydroxylation is 2. The number of anilines is 1. The Labute approximate surface area is 217 Å².